The number of benzene rings is 1. The van der Waals surface area contributed by atoms with Crippen molar-refractivity contribution in [2.45, 2.75) is 71.8 Å². The van der Waals surface area contributed by atoms with Crippen molar-refractivity contribution in [1.29, 1.82) is 0 Å². The average Bonchev–Trinajstić information content (AvgIpc) is 2.81. The third kappa shape index (κ3) is 5.15. The molecule has 3 rings (SSSR count). The largest absolute Gasteiger partial charge is 0.497 e. The van der Waals surface area contributed by atoms with E-state index in [0.717, 1.165) is 18.7 Å². The molecule has 2 heterocycles. The molecule has 6 nitrogen and oxygen atoms in total. The zero-order chi connectivity index (χ0) is 22.3. The number of halogens is 1. The van der Waals surface area contributed by atoms with Crippen LogP contribution in [-0.4, -0.2) is 66.0 Å². The van der Waals surface area contributed by atoms with E-state index in [9.17, 15) is 9.18 Å². The van der Waals surface area contributed by atoms with Crippen LogP contribution in [0.15, 0.2) is 18.2 Å². The molecule has 0 aromatic heterocycles. The molecule has 30 heavy (non-hydrogen) atoms. The van der Waals surface area contributed by atoms with E-state index in [0.29, 0.717) is 25.1 Å². The van der Waals surface area contributed by atoms with E-state index >= 15 is 0 Å². The molecule has 2 fully saturated rings. The first-order valence-corrected chi connectivity index (χ1v) is 10.6. The number of amides is 1. The second-order valence-electron chi connectivity index (χ2n) is 10.2. The molecule has 0 radical (unpaired) electrons. The lowest BCUT2D eigenvalue weighted by molar-refractivity contribution is 0.00578. The number of hydrogen-bond donors (Lipinski definition) is 0. The number of hydrogen-bond acceptors (Lipinski definition) is 5. The number of carbonyl (C=O) groups is 1. The number of ether oxygens (including phenoxy) is 1. The first-order chi connectivity index (χ1) is 13.8. The quantitative estimate of drug-likeness (QED) is 0.704. The maximum atomic E-state index is 14.8. The summed E-state index contributed by atoms with van der Waals surface area (Å²) in [5.41, 5.74) is -0.191. The second kappa shape index (κ2) is 8.13. The molecule has 1 aromatic rings. The van der Waals surface area contributed by atoms with Crippen molar-refractivity contribution in [3.63, 3.8) is 0 Å². The molecular weight excluding hydrogens is 386 g/mol. The van der Waals surface area contributed by atoms with Gasteiger partial charge in [0.05, 0.1) is 11.2 Å². The van der Waals surface area contributed by atoms with Gasteiger partial charge in [0, 0.05) is 38.2 Å². The minimum absolute atomic E-state index is 0.278. The lowest BCUT2D eigenvalue weighted by Crippen LogP contribution is -2.49. The zero-order valence-electron chi connectivity index (χ0n) is 19.3. The minimum Gasteiger partial charge on any atom is -0.444 e. The normalized spacial score (nSPS) is 21.7. The molecule has 0 spiro atoms. The van der Waals surface area contributed by atoms with E-state index in [1.807, 2.05) is 54.5 Å². The first-order valence-electron chi connectivity index (χ1n) is 10.6. The number of piperazine rings is 1. The van der Waals surface area contributed by atoms with Gasteiger partial charge in [0.2, 0.25) is 0 Å². The Morgan fingerprint density at radius 3 is 2.17 bits per heavy atom. The molecule has 0 atom stereocenters. The summed E-state index contributed by atoms with van der Waals surface area (Å²) in [7, 11) is -0.707. The van der Waals surface area contributed by atoms with Crippen LogP contribution in [-0.2, 0) is 20.6 Å². The molecule has 8 heteroatoms. The Balaban J connectivity index is 1.57. The Kier molecular flexibility index (Phi) is 6.24. The molecule has 0 bridgehead atoms. The molecule has 1 aromatic carbocycles. The highest BCUT2D eigenvalue weighted by molar-refractivity contribution is 6.62. The SMILES string of the molecule is CC(C)(C)OC(=O)N1CCN(Cc2ccc(B3OC(C)(C)C(C)(C)O3)c(F)c2)CC1. The van der Waals surface area contributed by atoms with E-state index in [-0.39, 0.29) is 11.9 Å². The molecule has 0 aliphatic carbocycles. The highest BCUT2D eigenvalue weighted by atomic mass is 19.1. The van der Waals surface area contributed by atoms with Crippen LogP contribution in [0.25, 0.3) is 0 Å². The summed E-state index contributed by atoms with van der Waals surface area (Å²) in [4.78, 5) is 16.1. The summed E-state index contributed by atoms with van der Waals surface area (Å²) in [6, 6.07) is 5.23. The van der Waals surface area contributed by atoms with E-state index in [4.69, 9.17) is 14.0 Å². The Labute approximate surface area is 179 Å². The molecule has 0 N–H and O–H groups in total. The summed E-state index contributed by atoms with van der Waals surface area (Å²) in [6.07, 6.45) is -0.278. The van der Waals surface area contributed by atoms with Crippen molar-refractivity contribution in [3.05, 3.63) is 29.6 Å². The van der Waals surface area contributed by atoms with Crippen molar-refractivity contribution >= 4 is 18.7 Å². The van der Waals surface area contributed by atoms with E-state index in [1.165, 1.54) is 0 Å². The fraction of sp³-hybridized carbons (Fsp3) is 0.682. The average molecular weight is 420 g/mol. The number of rotatable bonds is 3. The van der Waals surface area contributed by atoms with Gasteiger partial charge in [0.25, 0.3) is 0 Å². The molecular formula is C22H34BFN2O4. The molecule has 2 aliphatic rings. The molecule has 166 valence electrons. The summed E-state index contributed by atoms with van der Waals surface area (Å²) in [6.45, 7) is 16.7. The van der Waals surface area contributed by atoms with Gasteiger partial charge < -0.3 is 18.9 Å². The Bertz CT molecular complexity index is 770. The van der Waals surface area contributed by atoms with Gasteiger partial charge in [0.1, 0.15) is 11.4 Å². The lowest BCUT2D eigenvalue weighted by atomic mass is 9.78. The maximum Gasteiger partial charge on any atom is 0.497 e. The summed E-state index contributed by atoms with van der Waals surface area (Å²) >= 11 is 0. The predicted octanol–water partition coefficient (Wildman–Crippen LogP) is 3.18. The standard InChI is InChI=1S/C22H34BFN2O4/c1-20(2,3)28-19(27)26-12-10-25(11-13-26)15-16-8-9-17(18(24)14-16)23-29-21(4,5)22(6,7)30-23/h8-9,14H,10-13,15H2,1-7H3. The van der Waals surface area contributed by atoms with Gasteiger partial charge >= 0.3 is 13.2 Å². The smallest absolute Gasteiger partial charge is 0.444 e. The Morgan fingerprint density at radius 2 is 1.67 bits per heavy atom. The fourth-order valence-electron chi connectivity index (χ4n) is 3.50. The van der Waals surface area contributed by atoms with Gasteiger partial charge in [-0.25, -0.2) is 9.18 Å². The number of nitrogens with zero attached hydrogens (tertiary/aromatic N) is 2. The second-order valence-corrected chi connectivity index (χ2v) is 10.2. The third-order valence-electron chi connectivity index (χ3n) is 6.00. The monoisotopic (exact) mass is 420 g/mol. The van der Waals surface area contributed by atoms with Gasteiger partial charge in [-0.15, -0.1) is 0 Å². The van der Waals surface area contributed by atoms with E-state index < -0.39 is 23.9 Å². The molecule has 0 unspecified atom stereocenters. The fourth-order valence-corrected chi connectivity index (χ4v) is 3.50. The minimum atomic E-state index is -0.707. The topological polar surface area (TPSA) is 51.2 Å². The van der Waals surface area contributed by atoms with Crippen molar-refractivity contribution < 1.29 is 23.2 Å². The van der Waals surface area contributed by atoms with Crippen LogP contribution in [0.2, 0.25) is 0 Å². The molecule has 1 amide bonds. The van der Waals surface area contributed by atoms with E-state index in [1.54, 1.807) is 17.0 Å². The predicted molar refractivity (Wildman–Crippen MR) is 115 cm³/mol. The van der Waals surface area contributed by atoms with Crippen molar-refractivity contribution in [2.75, 3.05) is 26.2 Å². The molecule has 0 saturated carbocycles. The first kappa shape index (κ1) is 23.0. The highest BCUT2D eigenvalue weighted by Gasteiger charge is 2.52. The third-order valence-corrected chi connectivity index (χ3v) is 6.00. The molecule has 2 saturated heterocycles. The zero-order valence-corrected chi connectivity index (χ0v) is 19.3. The van der Waals surface area contributed by atoms with Crippen LogP contribution in [0.4, 0.5) is 9.18 Å². The van der Waals surface area contributed by atoms with Gasteiger partial charge in [-0.3, -0.25) is 4.90 Å². The van der Waals surface area contributed by atoms with Crippen LogP contribution in [0, 0.1) is 5.82 Å². The summed E-state index contributed by atoms with van der Waals surface area (Å²) in [5, 5.41) is 0. The maximum absolute atomic E-state index is 14.8. The molecule has 2 aliphatic heterocycles. The van der Waals surface area contributed by atoms with Crippen molar-refractivity contribution in [3.8, 4) is 0 Å². The van der Waals surface area contributed by atoms with Crippen LogP contribution in [0.1, 0.15) is 54.0 Å². The van der Waals surface area contributed by atoms with Gasteiger partial charge in [0.15, 0.2) is 0 Å². The Hall–Kier alpha value is -1.64. The van der Waals surface area contributed by atoms with Gasteiger partial charge in [-0.1, -0.05) is 12.1 Å². The number of carbonyl (C=O) groups excluding carboxylic acids is 1. The summed E-state index contributed by atoms with van der Waals surface area (Å²) in [5.74, 6) is -0.321. The van der Waals surface area contributed by atoms with Gasteiger partial charge in [-0.2, -0.15) is 0 Å². The van der Waals surface area contributed by atoms with Crippen molar-refractivity contribution in [2.24, 2.45) is 0 Å². The van der Waals surface area contributed by atoms with Crippen LogP contribution in [0.3, 0.4) is 0 Å². The van der Waals surface area contributed by atoms with Crippen LogP contribution >= 0.6 is 0 Å². The highest BCUT2D eigenvalue weighted by Crippen LogP contribution is 2.36. The van der Waals surface area contributed by atoms with Crippen LogP contribution in [0.5, 0.6) is 0 Å². The summed E-state index contributed by atoms with van der Waals surface area (Å²) < 4.78 is 32.2. The van der Waals surface area contributed by atoms with Crippen molar-refractivity contribution in [1.82, 2.24) is 9.80 Å². The lowest BCUT2D eigenvalue weighted by Gasteiger charge is -2.35. The van der Waals surface area contributed by atoms with Crippen LogP contribution < -0.4 is 5.46 Å². The van der Waals surface area contributed by atoms with E-state index in [2.05, 4.69) is 4.90 Å². The Morgan fingerprint density at radius 1 is 1.10 bits per heavy atom. The van der Waals surface area contributed by atoms with Gasteiger partial charge in [-0.05, 0) is 60.1 Å².